The van der Waals surface area contributed by atoms with Gasteiger partial charge in [0.15, 0.2) is 0 Å². The van der Waals surface area contributed by atoms with E-state index in [0.717, 1.165) is 0 Å². The Bertz CT molecular complexity index is 538. The lowest BCUT2D eigenvalue weighted by molar-refractivity contribution is -0.145. The van der Waals surface area contributed by atoms with Crippen LogP contribution >= 0.6 is 0 Å². The molecule has 0 aromatic heterocycles. The van der Waals surface area contributed by atoms with E-state index in [1.54, 1.807) is 0 Å². The second-order valence-electron chi connectivity index (χ2n) is 4.69. The number of rotatable bonds is 7. The summed E-state index contributed by atoms with van der Waals surface area (Å²) < 4.78 is 0. The maximum Gasteiger partial charge on any atom is 0.331 e. The Labute approximate surface area is 133 Å². The molecule has 1 amide bonds. The molecule has 3 N–H and O–H groups in total. The number of likely N-dealkylation sites (tertiary alicyclic amines) is 1. The van der Waals surface area contributed by atoms with E-state index in [-0.39, 0.29) is 11.5 Å². The number of hydrogen-bond acceptors (Lipinski definition) is 4. The molecular formula is C15H19NO7. The summed E-state index contributed by atoms with van der Waals surface area (Å²) in [6.07, 6.45) is 2.80. The molecule has 0 aliphatic carbocycles. The van der Waals surface area contributed by atoms with Crippen LogP contribution in [0.15, 0.2) is 37.6 Å². The third-order valence-corrected chi connectivity index (χ3v) is 3.14. The summed E-state index contributed by atoms with van der Waals surface area (Å²) >= 11 is 0. The Morgan fingerprint density at radius 2 is 1.83 bits per heavy atom. The molecule has 2 atom stereocenters. The van der Waals surface area contributed by atoms with E-state index < -0.39 is 36.2 Å². The molecule has 126 valence electrons. The molecule has 0 aromatic rings. The lowest BCUT2D eigenvalue weighted by atomic mass is 9.91. The van der Waals surface area contributed by atoms with E-state index >= 15 is 0 Å². The van der Waals surface area contributed by atoms with Crippen molar-refractivity contribution in [1.82, 2.24) is 4.90 Å². The standard InChI is InChI=1S/C10H13NO3.C5H6O4/c1-3-7(10(13)14)8-5-6-11(4-2)9(8)12;1-3(5(8)9)2-4(6)7/h3-4,7-8H,1-2,5-6H2,(H,13,14);1-2H2,(H,6,7)(H,8,9). The van der Waals surface area contributed by atoms with E-state index in [1.165, 1.54) is 17.2 Å². The summed E-state index contributed by atoms with van der Waals surface area (Å²) in [6, 6.07) is 0. The first-order valence-corrected chi connectivity index (χ1v) is 6.56. The molecule has 0 aromatic carbocycles. The number of carbonyl (C=O) groups excluding carboxylic acids is 1. The van der Waals surface area contributed by atoms with Crippen molar-refractivity contribution in [2.75, 3.05) is 6.54 Å². The smallest absolute Gasteiger partial charge is 0.331 e. The fourth-order valence-electron chi connectivity index (χ4n) is 1.93. The van der Waals surface area contributed by atoms with Gasteiger partial charge in [0.1, 0.15) is 0 Å². The van der Waals surface area contributed by atoms with Gasteiger partial charge in [-0.15, -0.1) is 6.58 Å². The van der Waals surface area contributed by atoms with Crippen molar-refractivity contribution in [3.63, 3.8) is 0 Å². The zero-order valence-corrected chi connectivity index (χ0v) is 12.5. The fourth-order valence-corrected chi connectivity index (χ4v) is 1.93. The van der Waals surface area contributed by atoms with Gasteiger partial charge in [0.2, 0.25) is 5.91 Å². The molecule has 8 nitrogen and oxygen atoms in total. The van der Waals surface area contributed by atoms with Gasteiger partial charge in [0.25, 0.3) is 0 Å². The van der Waals surface area contributed by atoms with Crippen LogP contribution in [0.25, 0.3) is 0 Å². The minimum atomic E-state index is -1.27. The minimum Gasteiger partial charge on any atom is -0.481 e. The molecule has 8 heteroatoms. The maximum absolute atomic E-state index is 11.6. The van der Waals surface area contributed by atoms with Gasteiger partial charge in [0.05, 0.1) is 18.3 Å². The van der Waals surface area contributed by atoms with Gasteiger partial charge >= 0.3 is 17.9 Å². The molecule has 1 aliphatic heterocycles. The van der Waals surface area contributed by atoms with Gasteiger partial charge in [-0.05, 0) is 12.6 Å². The largest absolute Gasteiger partial charge is 0.481 e. The first kappa shape index (κ1) is 20.1. The number of carbonyl (C=O) groups is 4. The Balaban J connectivity index is 0.000000468. The zero-order chi connectivity index (χ0) is 18.2. The average molecular weight is 325 g/mol. The Hall–Kier alpha value is -2.90. The summed E-state index contributed by atoms with van der Waals surface area (Å²) in [5.74, 6) is -4.88. The Morgan fingerprint density at radius 3 is 2.09 bits per heavy atom. The van der Waals surface area contributed by atoms with Crippen LogP contribution in [-0.4, -0.2) is 50.6 Å². The highest BCUT2D eigenvalue weighted by Crippen LogP contribution is 2.26. The van der Waals surface area contributed by atoms with Crippen molar-refractivity contribution in [3.05, 3.63) is 37.6 Å². The molecule has 1 rings (SSSR count). The third-order valence-electron chi connectivity index (χ3n) is 3.14. The van der Waals surface area contributed by atoms with Gasteiger partial charge in [-0.3, -0.25) is 14.4 Å². The van der Waals surface area contributed by atoms with Gasteiger partial charge in [-0.1, -0.05) is 19.2 Å². The number of amides is 1. The first-order valence-electron chi connectivity index (χ1n) is 6.56. The topological polar surface area (TPSA) is 132 Å². The van der Waals surface area contributed by atoms with E-state index in [4.69, 9.17) is 15.3 Å². The van der Waals surface area contributed by atoms with Crippen LogP contribution in [0.1, 0.15) is 12.8 Å². The average Bonchev–Trinajstić information content (AvgIpc) is 2.80. The van der Waals surface area contributed by atoms with Gasteiger partial charge in [-0.25, -0.2) is 4.79 Å². The van der Waals surface area contributed by atoms with Gasteiger partial charge in [-0.2, -0.15) is 0 Å². The predicted octanol–water partition coefficient (Wildman–Crippen LogP) is 0.967. The highest BCUT2D eigenvalue weighted by atomic mass is 16.4. The molecule has 1 aliphatic rings. The molecule has 23 heavy (non-hydrogen) atoms. The van der Waals surface area contributed by atoms with Crippen LogP contribution in [0.4, 0.5) is 0 Å². The first-order chi connectivity index (χ1) is 10.6. The molecule has 0 bridgehead atoms. The van der Waals surface area contributed by atoms with Crippen LogP contribution in [-0.2, 0) is 19.2 Å². The molecule has 0 radical (unpaired) electrons. The van der Waals surface area contributed by atoms with Crippen LogP contribution in [0.5, 0.6) is 0 Å². The number of aliphatic carboxylic acids is 3. The second kappa shape index (κ2) is 9.19. The number of nitrogens with zero attached hydrogens (tertiary/aromatic N) is 1. The zero-order valence-electron chi connectivity index (χ0n) is 12.5. The van der Waals surface area contributed by atoms with E-state index in [0.29, 0.717) is 13.0 Å². The maximum atomic E-state index is 11.6. The minimum absolute atomic E-state index is 0.174. The quantitative estimate of drug-likeness (QED) is 0.469. The van der Waals surface area contributed by atoms with E-state index in [2.05, 4.69) is 19.7 Å². The van der Waals surface area contributed by atoms with Crippen molar-refractivity contribution in [1.29, 1.82) is 0 Å². The SMILES string of the molecule is C=C(CC(=O)O)C(=O)O.C=CC(C(=O)O)C1CCN(C=C)C1=O. The Kier molecular flexibility index (Phi) is 8.03. The summed E-state index contributed by atoms with van der Waals surface area (Å²) in [4.78, 5) is 43.5. The number of hydrogen-bond donors (Lipinski definition) is 3. The summed E-state index contributed by atoms with van der Waals surface area (Å²) in [5, 5.41) is 24.9. The van der Waals surface area contributed by atoms with Crippen LogP contribution in [0.3, 0.4) is 0 Å². The molecule has 1 fully saturated rings. The van der Waals surface area contributed by atoms with Crippen molar-refractivity contribution in [2.45, 2.75) is 12.8 Å². The molecule has 2 unspecified atom stereocenters. The number of carboxylic acid groups (broad SMARTS) is 3. The lowest BCUT2D eigenvalue weighted by Gasteiger charge is -2.14. The second-order valence-corrected chi connectivity index (χ2v) is 4.69. The normalized spacial score (nSPS) is 17.5. The van der Waals surface area contributed by atoms with Gasteiger partial charge < -0.3 is 20.2 Å². The van der Waals surface area contributed by atoms with Crippen LogP contribution in [0.2, 0.25) is 0 Å². The monoisotopic (exact) mass is 325 g/mol. The van der Waals surface area contributed by atoms with Crippen molar-refractivity contribution >= 4 is 23.8 Å². The summed E-state index contributed by atoms with van der Waals surface area (Å²) in [7, 11) is 0. The lowest BCUT2D eigenvalue weighted by Crippen LogP contribution is -2.29. The Morgan fingerprint density at radius 1 is 1.26 bits per heavy atom. The molecule has 1 saturated heterocycles. The van der Waals surface area contributed by atoms with E-state index in [1.807, 2.05) is 0 Å². The van der Waals surface area contributed by atoms with Crippen molar-refractivity contribution < 1.29 is 34.5 Å². The molecule has 0 spiro atoms. The number of carboxylic acids is 3. The molecule has 1 heterocycles. The molecular weight excluding hydrogens is 306 g/mol. The highest BCUT2D eigenvalue weighted by Gasteiger charge is 2.38. The highest BCUT2D eigenvalue weighted by molar-refractivity contribution is 5.91. The van der Waals surface area contributed by atoms with Crippen molar-refractivity contribution in [3.8, 4) is 0 Å². The van der Waals surface area contributed by atoms with E-state index in [9.17, 15) is 19.2 Å². The summed E-state index contributed by atoms with van der Waals surface area (Å²) in [5.41, 5.74) is -0.303. The van der Waals surface area contributed by atoms with Crippen LogP contribution in [0, 0.1) is 11.8 Å². The fraction of sp³-hybridized carbons (Fsp3) is 0.333. The van der Waals surface area contributed by atoms with Gasteiger partial charge in [0, 0.05) is 12.1 Å². The van der Waals surface area contributed by atoms with Crippen molar-refractivity contribution in [2.24, 2.45) is 11.8 Å². The summed E-state index contributed by atoms with van der Waals surface area (Å²) in [6.45, 7) is 10.5. The predicted molar refractivity (Wildman–Crippen MR) is 80.4 cm³/mol. The molecule has 0 saturated carbocycles. The third kappa shape index (κ3) is 6.16. The van der Waals surface area contributed by atoms with Crippen LogP contribution < -0.4 is 0 Å².